The standard InChI is InChI=1S/C13H20N2O2S/c1-3-15(8-10-6-5-7-10)13-14-11(9-18-13)12(16)17-4-2/h9-10H,3-8H2,1-2H3. The van der Waals surface area contributed by atoms with Crippen molar-refractivity contribution in [1.82, 2.24) is 4.98 Å². The molecule has 0 N–H and O–H groups in total. The van der Waals surface area contributed by atoms with Crippen LogP contribution in [-0.2, 0) is 4.74 Å². The smallest absolute Gasteiger partial charge is 0.357 e. The third kappa shape index (κ3) is 3.02. The van der Waals surface area contributed by atoms with Gasteiger partial charge in [-0.25, -0.2) is 9.78 Å². The summed E-state index contributed by atoms with van der Waals surface area (Å²) in [6.45, 7) is 6.33. The lowest BCUT2D eigenvalue weighted by atomic mass is 9.85. The van der Waals surface area contributed by atoms with E-state index >= 15 is 0 Å². The maximum Gasteiger partial charge on any atom is 0.357 e. The largest absolute Gasteiger partial charge is 0.461 e. The average molecular weight is 268 g/mol. The number of hydrogen-bond acceptors (Lipinski definition) is 5. The lowest BCUT2D eigenvalue weighted by Gasteiger charge is -2.31. The predicted octanol–water partition coefficient (Wildman–Crippen LogP) is 2.95. The van der Waals surface area contributed by atoms with Gasteiger partial charge in [0, 0.05) is 18.5 Å². The first kappa shape index (κ1) is 13.3. The van der Waals surface area contributed by atoms with E-state index in [2.05, 4.69) is 16.8 Å². The zero-order chi connectivity index (χ0) is 13.0. The van der Waals surface area contributed by atoms with Crippen molar-refractivity contribution in [2.24, 2.45) is 5.92 Å². The zero-order valence-corrected chi connectivity index (χ0v) is 11.8. The van der Waals surface area contributed by atoms with Crippen molar-refractivity contribution in [3.05, 3.63) is 11.1 Å². The molecule has 0 atom stereocenters. The fourth-order valence-electron chi connectivity index (χ4n) is 2.04. The Labute approximate surface area is 112 Å². The fraction of sp³-hybridized carbons (Fsp3) is 0.692. The minimum absolute atomic E-state index is 0.320. The Morgan fingerprint density at radius 1 is 1.56 bits per heavy atom. The summed E-state index contributed by atoms with van der Waals surface area (Å²) in [5.74, 6) is 0.486. The highest BCUT2D eigenvalue weighted by atomic mass is 32.1. The molecule has 0 spiro atoms. The molecule has 1 aromatic rings. The van der Waals surface area contributed by atoms with Crippen LogP contribution in [0.1, 0.15) is 43.6 Å². The molecule has 100 valence electrons. The number of hydrogen-bond donors (Lipinski definition) is 0. The summed E-state index contributed by atoms with van der Waals surface area (Å²) in [6.07, 6.45) is 4.01. The van der Waals surface area contributed by atoms with E-state index in [1.165, 1.54) is 30.6 Å². The molecule has 0 bridgehead atoms. The van der Waals surface area contributed by atoms with E-state index in [4.69, 9.17) is 4.74 Å². The Balaban J connectivity index is 1.99. The number of thiazole rings is 1. The summed E-state index contributed by atoms with van der Waals surface area (Å²) in [5.41, 5.74) is 0.434. The minimum atomic E-state index is -0.320. The van der Waals surface area contributed by atoms with Crippen LogP contribution in [0.3, 0.4) is 0 Å². The molecule has 0 unspecified atom stereocenters. The van der Waals surface area contributed by atoms with Crippen LogP contribution >= 0.6 is 11.3 Å². The molecule has 1 fully saturated rings. The van der Waals surface area contributed by atoms with Crippen molar-refractivity contribution < 1.29 is 9.53 Å². The van der Waals surface area contributed by atoms with Gasteiger partial charge in [-0.15, -0.1) is 11.3 Å². The SMILES string of the molecule is CCOC(=O)c1csc(N(CC)CC2CCC2)n1. The van der Waals surface area contributed by atoms with Crippen LogP contribution in [0.2, 0.25) is 0 Å². The number of carbonyl (C=O) groups excluding carboxylic acids is 1. The van der Waals surface area contributed by atoms with Crippen LogP contribution in [0, 0.1) is 5.92 Å². The number of ether oxygens (including phenoxy) is 1. The highest BCUT2D eigenvalue weighted by Gasteiger charge is 2.22. The Morgan fingerprint density at radius 3 is 2.89 bits per heavy atom. The van der Waals surface area contributed by atoms with Gasteiger partial charge in [-0.2, -0.15) is 0 Å². The van der Waals surface area contributed by atoms with Crippen LogP contribution in [0.5, 0.6) is 0 Å². The average Bonchev–Trinajstić information content (AvgIpc) is 2.77. The Morgan fingerprint density at radius 2 is 2.33 bits per heavy atom. The van der Waals surface area contributed by atoms with E-state index < -0.39 is 0 Å². The number of carbonyl (C=O) groups is 1. The summed E-state index contributed by atoms with van der Waals surface area (Å²) in [4.78, 5) is 18.2. The highest BCUT2D eigenvalue weighted by molar-refractivity contribution is 7.13. The zero-order valence-electron chi connectivity index (χ0n) is 11.0. The predicted molar refractivity (Wildman–Crippen MR) is 73.3 cm³/mol. The Bertz CT molecular complexity index is 401. The first-order chi connectivity index (χ1) is 8.74. The minimum Gasteiger partial charge on any atom is -0.461 e. The number of esters is 1. The third-order valence-electron chi connectivity index (χ3n) is 3.33. The summed E-state index contributed by atoms with van der Waals surface area (Å²) < 4.78 is 4.95. The second-order valence-corrected chi connectivity index (χ2v) is 5.41. The highest BCUT2D eigenvalue weighted by Crippen LogP contribution is 2.30. The maximum atomic E-state index is 11.6. The van der Waals surface area contributed by atoms with Crippen molar-refractivity contribution >= 4 is 22.4 Å². The van der Waals surface area contributed by atoms with E-state index in [1.807, 2.05) is 0 Å². The van der Waals surface area contributed by atoms with Gasteiger partial charge >= 0.3 is 5.97 Å². The second-order valence-electron chi connectivity index (χ2n) is 4.57. The summed E-state index contributed by atoms with van der Waals surface area (Å²) in [6, 6.07) is 0. The monoisotopic (exact) mass is 268 g/mol. The molecule has 5 heteroatoms. The van der Waals surface area contributed by atoms with Crippen LogP contribution in [0.15, 0.2) is 5.38 Å². The van der Waals surface area contributed by atoms with Gasteiger partial charge in [-0.1, -0.05) is 6.42 Å². The molecule has 4 nitrogen and oxygen atoms in total. The van der Waals surface area contributed by atoms with Gasteiger partial charge in [-0.05, 0) is 32.6 Å². The molecule has 1 aliphatic carbocycles. The third-order valence-corrected chi connectivity index (χ3v) is 4.23. The van der Waals surface area contributed by atoms with E-state index in [0.717, 1.165) is 24.1 Å². The molecule has 1 saturated carbocycles. The molecule has 2 rings (SSSR count). The molecular weight excluding hydrogens is 248 g/mol. The molecule has 0 aromatic carbocycles. The lowest BCUT2D eigenvalue weighted by molar-refractivity contribution is 0.0520. The van der Waals surface area contributed by atoms with Gasteiger partial charge in [0.05, 0.1) is 6.61 Å². The molecule has 0 aliphatic heterocycles. The summed E-state index contributed by atoms with van der Waals surface area (Å²) in [5, 5.41) is 2.73. The normalized spacial score (nSPS) is 15.2. The molecule has 0 saturated heterocycles. The lowest BCUT2D eigenvalue weighted by Crippen LogP contribution is -2.32. The number of anilines is 1. The molecule has 1 aromatic heterocycles. The van der Waals surface area contributed by atoms with Crippen molar-refractivity contribution in [3.8, 4) is 0 Å². The summed E-state index contributed by atoms with van der Waals surface area (Å²) in [7, 11) is 0. The van der Waals surface area contributed by atoms with Gasteiger partial charge in [0.25, 0.3) is 0 Å². The van der Waals surface area contributed by atoms with Gasteiger partial charge in [0.1, 0.15) is 0 Å². The van der Waals surface area contributed by atoms with Crippen molar-refractivity contribution in [1.29, 1.82) is 0 Å². The van der Waals surface area contributed by atoms with Crippen LogP contribution in [-0.4, -0.2) is 30.6 Å². The van der Waals surface area contributed by atoms with Crippen LogP contribution < -0.4 is 4.90 Å². The van der Waals surface area contributed by atoms with E-state index in [0.29, 0.717) is 12.3 Å². The fourth-order valence-corrected chi connectivity index (χ4v) is 2.91. The molecule has 0 radical (unpaired) electrons. The van der Waals surface area contributed by atoms with E-state index in [-0.39, 0.29) is 5.97 Å². The Kier molecular flexibility index (Phi) is 4.58. The van der Waals surface area contributed by atoms with Gasteiger partial charge in [0.2, 0.25) is 0 Å². The van der Waals surface area contributed by atoms with Crippen molar-refractivity contribution in [3.63, 3.8) is 0 Å². The summed E-state index contributed by atoms with van der Waals surface area (Å²) >= 11 is 1.53. The van der Waals surface area contributed by atoms with Gasteiger partial charge in [-0.3, -0.25) is 0 Å². The van der Waals surface area contributed by atoms with Crippen molar-refractivity contribution in [2.45, 2.75) is 33.1 Å². The van der Waals surface area contributed by atoms with Crippen LogP contribution in [0.4, 0.5) is 5.13 Å². The maximum absolute atomic E-state index is 11.6. The van der Waals surface area contributed by atoms with Gasteiger partial charge in [0.15, 0.2) is 10.8 Å². The Hall–Kier alpha value is -1.10. The molecular formula is C13H20N2O2S. The topological polar surface area (TPSA) is 42.4 Å². The first-order valence-electron chi connectivity index (χ1n) is 6.62. The molecule has 18 heavy (non-hydrogen) atoms. The quantitative estimate of drug-likeness (QED) is 0.744. The number of nitrogens with zero attached hydrogens (tertiary/aromatic N) is 2. The van der Waals surface area contributed by atoms with Gasteiger partial charge < -0.3 is 9.64 Å². The van der Waals surface area contributed by atoms with Crippen LogP contribution in [0.25, 0.3) is 0 Å². The first-order valence-corrected chi connectivity index (χ1v) is 7.50. The number of rotatable bonds is 6. The van der Waals surface area contributed by atoms with E-state index in [1.54, 1.807) is 12.3 Å². The van der Waals surface area contributed by atoms with Crippen molar-refractivity contribution in [2.75, 3.05) is 24.6 Å². The second kappa shape index (κ2) is 6.18. The van der Waals surface area contributed by atoms with E-state index in [9.17, 15) is 4.79 Å². The number of aromatic nitrogens is 1. The molecule has 0 amide bonds. The molecule has 1 heterocycles. The molecule has 1 aliphatic rings.